The maximum absolute atomic E-state index is 12.8. The van der Waals surface area contributed by atoms with Crippen molar-refractivity contribution in [2.24, 2.45) is 0 Å². The molecule has 0 aliphatic heterocycles. The van der Waals surface area contributed by atoms with E-state index >= 15 is 0 Å². The summed E-state index contributed by atoms with van der Waals surface area (Å²) in [5, 5.41) is 0. The van der Waals surface area contributed by atoms with Crippen molar-refractivity contribution in [2.45, 2.75) is 6.92 Å². The number of hydrogen-bond acceptors (Lipinski definition) is 4. The molecule has 1 aromatic rings. The minimum Gasteiger partial charge on any atom is -0.464 e. The lowest BCUT2D eigenvalue weighted by atomic mass is 10.2. The molecule has 0 aromatic heterocycles. The molecule has 90 valence electrons. The molecule has 0 spiro atoms. The number of rotatable bonds is 5. The Kier molecular flexibility index (Phi) is 4.87. The number of hydrogen-bond donors (Lipinski definition) is 0. The van der Waals surface area contributed by atoms with Gasteiger partial charge in [0.15, 0.2) is 6.29 Å². The van der Waals surface area contributed by atoms with Crippen molar-refractivity contribution < 1.29 is 23.5 Å². The highest BCUT2D eigenvalue weighted by Crippen LogP contribution is 2.17. The first-order valence-corrected chi connectivity index (χ1v) is 4.92. The van der Waals surface area contributed by atoms with Gasteiger partial charge in [-0.05, 0) is 25.1 Å². The van der Waals surface area contributed by atoms with Crippen LogP contribution >= 0.6 is 0 Å². The molecule has 0 N–H and O–H groups in total. The normalized spacial score (nSPS) is 10.2. The molecular weight excluding hydrogens is 227 g/mol. The van der Waals surface area contributed by atoms with Crippen LogP contribution in [-0.4, -0.2) is 18.9 Å². The van der Waals surface area contributed by atoms with E-state index in [1.54, 1.807) is 6.92 Å². The third kappa shape index (κ3) is 4.06. The van der Waals surface area contributed by atoms with Crippen LogP contribution < -0.4 is 4.74 Å². The molecule has 0 radical (unpaired) electrons. The Labute approximate surface area is 97.6 Å². The zero-order chi connectivity index (χ0) is 12.7. The molecule has 0 fully saturated rings. The van der Waals surface area contributed by atoms with Crippen LogP contribution in [0.5, 0.6) is 5.75 Å². The summed E-state index contributed by atoms with van der Waals surface area (Å²) >= 11 is 0. The SMILES string of the molecule is CCOC(=O)C=COc1ccc(F)cc1C=O. The number of benzene rings is 1. The number of carbonyl (C=O) groups is 2. The van der Waals surface area contributed by atoms with E-state index in [9.17, 15) is 14.0 Å². The van der Waals surface area contributed by atoms with Gasteiger partial charge in [-0.15, -0.1) is 0 Å². The topological polar surface area (TPSA) is 52.6 Å². The molecule has 0 saturated carbocycles. The number of ether oxygens (including phenoxy) is 2. The summed E-state index contributed by atoms with van der Waals surface area (Å²) in [4.78, 5) is 21.5. The fourth-order valence-electron chi connectivity index (χ4n) is 1.07. The van der Waals surface area contributed by atoms with Crippen LogP contribution in [0.2, 0.25) is 0 Å². The van der Waals surface area contributed by atoms with E-state index in [1.807, 2.05) is 0 Å². The molecule has 0 aliphatic carbocycles. The van der Waals surface area contributed by atoms with Gasteiger partial charge in [-0.3, -0.25) is 4.79 Å². The Morgan fingerprint density at radius 1 is 1.47 bits per heavy atom. The third-order valence-electron chi connectivity index (χ3n) is 1.78. The summed E-state index contributed by atoms with van der Waals surface area (Å²) in [5.74, 6) is -0.918. The Hall–Kier alpha value is -2.17. The van der Waals surface area contributed by atoms with Gasteiger partial charge in [-0.1, -0.05) is 0 Å². The third-order valence-corrected chi connectivity index (χ3v) is 1.78. The minimum atomic E-state index is -0.553. The molecule has 0 heterocycles. The summed E-state index contributed by atoms with van der Waals surface area (Å²) in [6.07, 6.45) is 2.62. The zero-order valence-electron chi connectivity index (χ0n) is 9.18. The van der Waals surface area contributed by atoms with E-state index in [1.165, 1.54) is 6.07 Å². The van der Waals surface area contributed by atoms with Gasteiger partial charge in [0.1, 0.15) is 11.6 Å². The van der Waals surface area contributed by atoms with Crippen molar-refractivity contribution >= 4 is 12.3 Å². The molecule has 0 unspecified atom stereocenters. The molecule has 5 heteroatoms. The van der Waals surface area contributed by atoms with Crippen molar-refractivity contribution in [3.05, 3.63) is 41.9 Å². The zero-order valence-corrected chi connectivity index (χ0v) is 9.18. The Morgan fingerprint density at radius 3 is 2.88 bits per heavy atom. The molecule has 0 bridgehead atoms. The molecule has 0 saturated heterocycles. The summed E-state index contributed by atoms with van der Waals surface area (Å²) in [6, 6.07) is 3.50. The van der Waals surface area contributed by atoms with E-state index in [4.69, 9.17) is 4.74 Å². The Balaban J connectivity index is 2.69. The van der Waals surface area contributed by atoms with Gasteiger partial charge in [0.05, 0.1) is 24.5 Å². The highest BCUT2D eigenvalue weighted by Gasteiger charge is 2.03. The lowest BCUT2D eigenvalue weighted by Crippen LogP contribution is -2.00. The average molecular weight is 238 g/mol. The van der Waals surface area contributed by atoms with Crippen LogP contribution in [0.4, 0.5) is 4.39 Å². The summed E-state index contributed by atoms with van der Waals surface area (Å²) in [5.41, 5.74) is 0.0681. The maximum Gasteiger partial charge on any atom is 0.333 e. The fraction of sp³-hybridized carbons (Fsp3) is 0.167. The number of halogens is 1. The van der Waals surface area contributed by atoms with E-state index < -0.39 is 11.8 Å². The van der Waals surface area contributed by atoms with Gasteiger partial charge in [0.25, 0.3) is 0 Å². The Bertz CT molecular complexity index is 440. The van der Waals surface area contributed by atoms with Crippen LogP contribution in [-0.2, 0) is 9.53 Å². The number of esters is 1. The van der Waals surface area contributed by atoms with Crippen LogP contribution in [0.15, 0.2) is 30.5 Å². The van der Waals surface area contributed by atoms with E-state index in [2.05, 4.69) is 4.74 Å². The summed E-state index contributed by atoms with van der Waals surface area (Å²) < 4.78 is 22.4. The molecule has 0 aliphatic rings. The lowest BCUT2D eigenvalue weighted by molar-refractivity contribution is -0.137. The van der Waals surface area contributed by atoms with Crippen molar-refractivity contribution in [1.82, 2.24) is 0 Å². The van der Waals surface area contributed by atoms with Crippen LogP contribution in [0.3, 0.4) is 0 Å². The van der Waals surface area contributed by atoms with Crippen LogP contribution in [0, 0.1) is 5.82 Å². The van der Waals surface area contributed by atoms with Gasteiger partial charge in [0.2, 0.25) is 0 Å². The van der Waals surface area contributed by atoms with E-state index in [0.717, 1.165) is 24.5 Å². The minimum absolute atomic E-state index is 0.0681. The van der Waals surface area contributed by atoms with E-state index in [-0.39, 0.29) is 17.9 Å². The first-order valence-electron chi connectivity index (χ1n) is 4.92. The van der Waals surface area contributed by atoms with Gasteiger partial charge in [-0.2, -0.15) is 0 Å². The molecule has 1 aromatic carbocycles. The molecule has 0 atom stereocenters. The molecule has 17 heavy (non-hydrogen) atoms. The first-order chi connectivity index (χ1) is 8.17. The predicted molar refractivity (Wildman–Crippen MR) is 58.2 cm³/mol. The van der Waals surface area contributed by atoms with Gasteiger partial charge in [-0.25, -0.2) is 9.18 Å². The second-order valence-corrected chi connectivity index (χ2v) is 2.97. The largest absolute Gasteiger partial charge is 0.464 e. The second kappa shape index (κ2) is 6.42. The van der Waals surface area contributed by atoms with Gasteiger partial charge < -0.3 is 9.47 Å². The standard InChI is InChI=1S/C12H11FO4/c1-2-16-12(15)5-6-17-11-4-3-10(13)7-9(11)8-14/h3-8H,2H2,1H3. The number of carbonyl (C=O) groups excluding carboxylic acids is 2. The average Bonchev–Trinajstić information content (AvgIpc) is 2.31. The van der Waals surface area contributed by atoms with Crippen LogP contribution in [0.1, 0.15) is 17.3 Å². The van der Waals surface area contributed by atoms with Gasteiger partial charge in [0, 0.05) is 0 Å². The van der Waals surface area contributed by atoms with Crippen molar-refractivity contribution in [3.63, 3.8) is 0 Å². The van der Waals surface area contributed by atoms with Gasteiger partial charge >= 0.3 is 5.97 Å². The molecule has 1 rings (SSSR count). The smallest absolute Gasteiger partial charge is 0.333 e. The quantitative estimate of drug-likeness (QED) is 0.341. The molecule has 0 amide bonds. The molecule has 4 nitrogen and oxygen atoms in total. The number of aldehydes is 1. The predicted octanol–water partition coefficient (Wildman–Crippen LogP) is 2.09. The fourth-order valence-corrected chi connectivity index (χ4v) is 1.07. The van der Waals surface area contributed by atoms with Crippen molar-refractivity contribution in [2.75, 3.05) is 6.61 Å². The lowest BCUT2D eigenvalue weighted by Gasteiger charge is -2.03. The monoisotopic (exact) mass is 238 g/mol. The van der Waals surface area contributed by atoms with Crippen molar-refractivity contribution in [3.8, 4) is 5.75 Å². The Morgan fingerprint density at radius 2 is 2.24 bits per heavy atom. The highest BCUT2D eigenvalue weighted by atomic mass is 19.1. The second-order valence-electron chi connectivity index (χ2n) is 2.97. The molecular formula is C12H11FO4. The maximum atomic E-state index is 12.8. The van der Waals surface area contributed by atoms with E-state index in [0.29, 0.717) is 6.29 Å². The summed E-state index contributed by atoms with van der Waals surface area (Å²) in [6.45, 7) is 1.94. The summed E-state index contributed by atoms with van der Waals surface area (Å²) in [7, 11) is 0. The first kappa shape index (κ1) is 12.9. The highest BCUT2D eigenvalue weighted by molar-refractivity contribution is 5.82. The van der Waals surface area contributed by atoms with Crippen LogP contribution in [0.25, 0.3) is 0 Å². The van der Waals surface area contributed by atoms with Crippen molar-refractivity contribution in [1.29, 1.82) is 0 Å².